The number of carbonyl (C=O) groups excluding carboxylic acids is 1. The fourth-order valence-electron chi connectivity index (χ4n) is 3.38. The molecule has 0 saturated heterocycles. The zero-order valence-corrected chi connectivity index (χ0v) is 20.1. The van der Waals surface area contributed by atoms with Crippen LogP contribution in [0.15, 0.2) is 69.6 Å². The number of pyridine rings is 1. The molecule has 172 valence electrons. The Morgan fingerprint density at radius 2 is 1.59 bits per heavy atom. The molecule has 0 aliphatic heterocycles. The normalized spacial score (nSPS) is 11.1. The third kappa shape index (κ3) is 5.44. The van der Waals surface area contributed by atoms with Crippen LogP contribution in [-0.4, -0.2) is 15.8 Å². The lowest BCUT2D eigenvalue weighted by atomic mass is 10.2. The first kappa shape index (κ1) is 23.1. The summed E-state index contributed by atoms with van der Waals surface area (Å²) < 4.78 is 0. The molecule has 0 amide bonds. The Bertz CT molecular complexity index is 1450. The minimum atomic E-state index is -0.409. The molecule has 0 bridgehead atoms. The number of hydrogen-bond acceptors (Lipinski definition) is 8. The van der Waals surface area contributed by atoms with E-state index in [1.165, 1.54) is 6.92 Å². The molecular weight excluding hydrogens is 448 g/mol. The maximum absolute atomic E-state index is 12.8. The van der Waals surface area contributed by atoms with E-state index in [-0.39, 0.29) is 11.5 Å². The number of rotatable bonds is 7. The van der Waals surface area contributed by atoms with E-state index in [2.05, 4.69) is 30.8 Å². The number of ketones is 1. The molecule has 8 nitrogen and oxygen atoms in total. The SMILES string of the molecule is CC(=O)c1sc(N=Nc2cc(Nc3cccc(C)c3)c(Nc3cccc(C)c3)[nH]c2=O)nc1C. The van der Waals surface area contributed by atoms with Crippen molar-refractivity contribution in [2.45, 2.75) is 27.7 Å². The van der Waals surface area contributed by atoms with Crippen LogP contribution in [0, 0.1) is 20.8 Å². The van der Waals surface area contributed by atoms with E-state index in [4.69, 9.17) is 0 Å². The molecule has 2 aromatic heterocycles. The van der Waals surface area contributed by atoms with Crippen molar-refractivity contribution in [3.63, 3.8) is 0 Å². The number of nitrogens with zero attached hydrogens (tertiary/aromatic N) is 3. The summed E-state index contributed by atoms with van der Waals surface area (Å²) in [7, 11) is 0. The number of thiazole rings is 1. The van der Waals surface area contributed by atoms with Gasteiger partial charge in [-0.05, 0) is 62.2 Å². The third-order valence-corrected chi connectivity index (χ3v) is 6.10. The molecule has 0 atom stereocenters. The van der Waals surface area contributed by atoms with Crippen LogP contribution in [0.25, 0.3) is 0 Å². The van der Waals surface area contributed by atoms with E-state index in [0.717, 1.165) is 33.8 Å². The molecule has 2 aromatic carbocycles. The van der Waals surface area contributed by atoms with E-state index < -0.39 is 5.56 Å². The fourth-order valence-corrected chi connectivity index (χ4v) is 4.17. The molecule has 4 rings (SSSR count). The Labute approximate surface area is 200 Å². The van der Waals surface area contributed by atoms with Crippen LogP contribution in [-0.2, 0) is 0 Å². The largest absolute Gasteiger partial charge is 0.352 e. The molecule has 4 aromatic rings. The average molecular weight is 473 g/mol. The van der Waals surface area contributed by atoms with Gasteiger partial charge in [0.15, 0.2) is 11.5 Å². The molecular formula is C25H24N6O2S. The van der Waals surface area contributed by atoms with Gasteiger partial charge < -0.3 is 15.6 Å². The molecule has 0 unspecified atom stereocenters. The Morgan fingerprint density at radius 1 is 0.941 bits per heavy atom. The van der Waals surface area contributed by atoms with Crippen molar-refractivity contribution in [2.75, 3.05) is 10.6 Å². The summed E-state index contributed by atoms with van der Waals surface area (Å²) in [4.78, 5) is 32.1. The maximum atomic E-state index is 12.8. The van der Waals surface area contributed by atoms with Gasteiger partial charge in [0.1, 0.15) is 5.82 Å². The second-order valence-electron chi connectivity index (χ2n) is 7.93. The van der Waals surface area contributed by atoms with Crippen LogP contribution in [0.5, 0.6) is 0 Å². The quantitative estimate of drug-likeness (QED) is 0.201. The fraction of sp³-hybridized carbons (Fsp3) is 0.160. The Morgan fingerprint density at radius 3 is 2.18 bits per heavy atom. The summed E-state index contributed by atoms with van der Waals surface area (Å²) in [6.07, 6.45) is 0. The first-order valence-electron chi connectivity index (χ1n) is 10.6. The predicted octanol–water partition coefficient (Wildman–Crippen LogP) is 6.86. The van der Waals surface area contributed by atoms with E-state index in [1.54, 1.807) is 13.0 Å². The van der Waals surface area contributed by atoms with Crippen molar-refractivity contribution in [1.29, 1.82) is 0 Å². The maximum Gasteiger partial charge on any atom is 0.277 e. The van der Waals surface area contributed by atoms with Crippen molar-refractivity contribution in [1.82, 2.24) is 9.97 Å². The zero-order chi connectivity index (χ0) is 24.2. The summed E-state index contributed by atoms with van der Waals surface area (Å²) in [5.41, 5.74) is 4.82. The van der Waals surface area contributed by atoms with Crippen LogP contribution >= 0.6 is 11.3 Å². The van der Waals surface area contributed by atoms with Gasteiger partial charge in [0, 0.05) is 18.3 Å². The molecule has 0 fully saturated rings. The second-order valence-corrected chi connectivity index (χ2v) is 8.91. The number of aromatic nitrogens is 2. The molecule has 0 aliphatic carbocycles. The molecule has 34 heavy (non-hydrogen) atoms. The molecule has 3 N–H and O–H groups in total. The van der Waals surface area contributed by atoms with E-state index in [1.807, 2.05) is 62.4 Å². The van der Waals surface area contributed by atoms with Gasteiger partial charge >= 0.3 is 0 Å². The number of hydrogen-bond donors (Lipinski definition) is 3. The number of carbonyl (C=O) groups is 1. The first-order chi connectivity index (χ1) is 16.3. The zero-order valence-electron chi connectivity index (χ0n) is 19.3. The topological polar surface area (TPSA) is 112 Å². The summed E-state index contributed by atoms with van der Waals surface area (Å²) >= 11 is 1.15. The van der Waals surface area contributed by atoms with Gasteiger partial charge in [0.2, 0.25) is 5.13 Å². The number of aryl methyl sites for hydroxylation is 3. The molecule has 0 aliphatic rings. The van der Waals surface area contributed by atoms with E-state index >= 15 is 0 Å². The smallest absolute Gasteiger partial charge is 0.277 e. The number of Topliss-reactive ketones (excluding diaryl/α,β-unsaturated/α-hetero) is 1. The molecule has 0 radical (unpaired) electrons. The van der Waals surface area contributed by atoms with Crippen molar-refractivity contribution < 1.29 is 4.79 Å². The molecule has 0 spiro atoms. The molecule has 2 heterocycles. The number of aromatic amines is 1. The lowest BCUT2D eigenvalue weighted by Gasteiger charge is -2.15. The molecule has 0 saturated carbocycles. The Kier molecular flexibility index (Phi) is 6.65. The van der Waals surface area contributed by atoms with E-state index in [9.17, 15) is 9.59 Å². The van der Waals surface area contributed by atoms with Gasteiger partial charge in [-0.2, -0.15) is 0 Å². The van der Waals surface area contributed by atoms with Crippen LogP contribution in [0.3, 0.4) is 0 Å². The monoisotopic (exact) mass is 472 g/mol. The molecule has 9 heteroatoms. The van der Waals surface area contributed by atoms with E-state index in [0.29, 0.717) is 27.2 Å². The van der Waals surface area contributed by atoms with Gasteiger partial charge in [-0.3, -0.25) is 9.59 Å². The average Bonchev–Trinajstić information content (AvgIpc) is 3.15. The number of benzene rings is 2. The Hall–Kier alpha value is -4.11. The lowest BCUT2D eigenvalue weighted by Crippen LogP contribution is -2.10. The number of anilines is 4. The minimum absolute atomic E-state index is 0.0782. The first-order valence-corrected chi connectivity index (χ1v) is 11.4. The van der Waals surface area contributed by atoms with Gasteiger partial charge in [-0.1, -0.05) is 35.6 Å². The van der Waals surface area contributed by atoms with Crippen LogP contribution in [0.4, 0.5) is 33.7 Å². The van der Waals surface area contributed by atoms with Gasteiger partial charge in [-0.25, -0.2) is 4.98 Å². The highest BCUT2D eigenvalue weighted by Crippen LogP contribution is 2.31. The lowest BCUT2D eigenvalue weighted by molar-refractivity contribution is 0.102. The van der Waals surface area contributed by atoms with Crippen molar-refractivity contribution in [2.24, 2.45) is 10.2 Å². The van der Waals surface area contributed by atoms with Crippen molar-refractivity contribution in [3.8, 4) is 0 Å². The van der Waals surface area contributed by atoms with Crippen molar-refractivity contribution in [3.05, 3.63) is 86.6 Å². The van der Waals surface area contributed by atoms with Gasteiger partial charge in [-0.15, -0.1) is 10.2 Å². The standard InChI is InChI=1S/C25H24N6O2S/c1-14-7-5-9-18(11-14)27-20-13-21(30-31-25-26-16(3)22(34-25)17(4)32)24(33)29-23(20)28-19-10-6-8-15(2)12-19/h5-13,27H,1-4H3,(H2,28,29,33). The highest BCUT2D eigenvalue weighted by molar-refractivity contribution is 7.17. The summed E-state index contributed by atoms with van der Waals surface area (Å²) in [5.74, 6) is 0.422. The number of H-pyrrole nitrogens is 1. The number of azo groups is 1. The highest BCUT2D eigenvalue weighted by Gasteiger charge is 2.13. The summed E-state index contributed by atoms with van der Waals surface area (Å²) in [6.45, 7) is 7.24. The third-order valence-electron chi connectivity index (χ3n) is 4.95. The van der Waals surface area contributed by atoms with Gasteiger partial charge in [0.25, 0.3) is 5.56 Å². The Balaban J connectivity index is 1.72. The highest BCUT2D eigenvalue weighted by atomic mass is 32.1. The summed E-state index contributed by atoms with van der Waals surface area (Å²) in [5, 5.41) is 15.2. The second kappa shape index (κ2) is 9.80. The van der Waals surface area contributed by atoms with Crippen molar-refractivity contribution >= 4 is 50.8 Å². The minimum Gasteiger partial charge on any atom is -0.352 e. The van der Waals surface area contributed by atoms with Crippen LogP contribution in [0.2, 0.25) is 0 Å². The number of nitrogens with one attached hydrogen (secondary N) is 3. The van der Waals surface area contributed by atoms with Crippen LogP contribution < -0.4 is 16.2 Å². The predicted molar refractivity (Wildman–Crippen MR) is 137 cm³/mol. The van der Waals surface area contributed by atoms with Crippen LogP contribution in [0.1, 0.15) is 33.4 Å². The summed E-state index contributed by atoms with van der Waals surface area (Å²) in [6, 6.07) is 17.4. The van der Waals surface area contributed by atoms with Gasteiger partial charge in [0.05, 0.1) is 16.3 Å².